The SMILES string of the molecule is CCNC(c1ccc(C(C)(C)C)cc1)C(OC)C1CC1. The molecule has 2 nitrogen and oxygen atoms in total. The summed E-state index contributed by atoms with van der Waals surface area (Å²) in [5, 5.41) is 3.60. The van der Waals surface area contributed by atoms with E-state index in [1.165, 1.54) is 24.0 Å². The standard InChI is InChI=1S/C18H29NO/c1-6-19-16(17(20-5)14-7-8-14)13-9-11-15(12-10-13)18(2,3)4/h9-12,14,16-17,19H,6-8H2,1-5H3. The van der Waals surface area contributed by atoms with Crippen LogP contribution < -0.4 is 5.32 Å². The van der Waals surface area contributed by atoms with E-state index in [2.05, 4.69) is 57.3 Å². The van der Waals surface area contributed by atoms with Crippen LogP contribution in [-0.2, 0) is 10.2 Å². The summed E-state index contributed by atoms with van der Waals surface area (Å²) in [5.74, 6) is 0.728. The molecule has 1 aromatic rings. The maximum absolute atomic E-state index is 5.78. The molecule has 1 N–H and O–H groups in total. The number of hydrogen-bond donors (Lipinski definition) is 1. The molecule has 112 valence electrons. The normalized spacial score (nSPS) is 18.9. The van der Waals surface area contributed by atoms with E-state index in [0.717, 1.165) is 12.5 Å². The van der Waals surface area contributed by atoms with Gasteiger partial charge in [-0.15, -0.1) is 0 Å². The molecule has 20 heavy (non-hydrogen) atoms. The van der Waals surface area contributed by atoms with Gasteiger partial charge in [-0.2, -0.15) is 0 Å². The minimum atomic E-state index is 0.212. The van der Waals surface area contributed by atoms with Crippen molar-refractivity contribution in [3.8, 4) is 0 Å². The number of ether oxygens (including phenoxy) is 1. The number of benzene rings is 1. The summed E-state index contributed by atoms with van der Waals surface area (Å²) < 4.78 is 5.78. The Labute approximate surface area is 123 Å². The summed E-state index contributed by atoms with van der Waals surface area (Å²) in [6, 6.07) is 9.37. The number of methoxy groups -OCH3 is 1. The Morgan fingerprint density at radius 1 is 1.20 bits per heavy atom. The van der Waals surface area contributed by atoms with Gasteiger partial charge in [0.25, 0.3) is 0 Å². The van der Waals surface area contributed by atoms with Gasteiger partial charge in [0, 0.05) is 7.11 Å². The molecule has 0 spiro atoms. The Morgan fingerprint density at radius 3 is 2.20 bits per heavy atom. The van der Waals surface area contributed by atoms with Crippen LogP contribution in [0.4, 0.5) is 0 Å². The number of likely N-dealkylation sites (N-methyl/N-ethyl adjacent to an activating group) is 1. The predicted octanol–water partition coefficient (Wildman–Crippen LogP) is 4.06. The van der Waals surface area contributed by atoms with Gasteiger partial charge < -0.3 is 10.1 Å². The first-order valence-corrected chi connectivity index (χ1v) is 7.84. The molecular weight excluding hydrogens is 246 g/mol. The lowest BCUT2D eigenvalue weighted by Gasteiger charge is -2.28. The highest BCUT2D eigenvalue weighted by molar-refractivity contribution is 5.30. The lowest BCUT2D eigenvalue weighted by atomic mass is 9.85. The van der Waals surface area contributed by atoms with E-state index in [9.17, 15) is 0 Å². The van der Waals surface area contributed by atoms with E-state index in [-0.39, 0.29) is 5.41 Å². The van der Waals surface area contributed by atoms with Gasteiger partial charge >= 0.3 is 0 Å². The predicted molar refractivity (Wildman–Crippen MR) is 85.1 cm³/mol. The average molecular weight is 275 g/mol. The molecule has 1 saturated carbocycles. The molecule has 2 rings (SSSR count). The van der Waals surface area contributed by atoms with Crippen LogP contribution >= 0.6 is 0 Å². The molecular formula is C18H29NO. The van der Waals surface area contributed by atoms with Crippen LogP contribution in [0.3, 0.4) is 0 Å². The van der Waals surface area contributed by atoms with Gasteiger partial charge in [0.05, 0.1) is 12.1 Å². The lowest BCUT2D eigenvalue weighted by molar-refractivity contribution is 0.0511. The zero-order valence-corrected chi connectivity index (χ0v) is 13.6. The van der Waals surface area contributed by atoms with Crippen molar-refractivity contribution in [3.63, 3.8) is 0 Å². The van der Waals surface area contributed by atoms with Crippen molar-refractivity contribution in [2.45, 2.75) is 58.1 Å². The van der Waals surface area contributed by atoms with Crippen LogP contribution in [0.25, 0.3) is 0 Å². The largest absolute Gasteiger partial charge is 0.379 e. The zero-order chi connectivity index (χ0) is 14.8. The number of nitrogens with one attached hydrogen (secondary N) is 1. The van der Waals surface area contributed by atoms with E-state index in [1.807, 2.05) is 7.11 Å². The molecule has 0 heterocycles. The lowest BCUT2D eigenvalue weighted by Crippen LogP contribution is -2.34. The molecule has 2 heteroatoms. The fraction of sp³-hybridized carbons (Fsp3) is 0.667. The molecule has 1 aliphatic carbocycles. The highest BCUT2D eigenvalue weighted by atomic mass is 16.5. The third kappa shape index (κ3) is 3.62. The minimum Gasteiger partial charge on any atom is -0.379 e. The molecule has 0 amide bonds. The van der Waals surface area contributed by atoms with E-state index in [0.29, 0.717) is 12.1 Å². The van der Waals surface area contributed by atoms with Crippen molar-refractivity contribution < 1.29 is 4.74 Å². The van der Waals surface area contributed by atoms with Crippen LogP contribution in [0, 0.1) is 5.92 Å². The van der Waals surface area contributed by atoms with E-state index in [1.54, 1.807) is 0 Å². The summed E-state index contributed by atoms with van der Waals surface area (Å²) in [7, 11) is 1.84. The Morgan fingerprint density at radius 2 is 1.80 bits per heavy atom. The second-order valence-corrected chi connectivity index (χ2v) is 6.95. The highest BCUT2D eigenvalue weighted by Gasteiger charge is 2.37. The monoisotopic (exact) mass is 275 g/mol. The fourth-order valence-electron chi connectivity index (χ4n) is 2.86. The Bertz CT molecular complexity index is 414. The van der Waals surface area contributed by atoms with E-state index in [4.69, 9.17) is 4.74 Å². The maximum atomic E-state index is 5.78. The average Bonchev–Trinajstić information content (AvgIpc) is 3.22. The molecule has 1 aliphatic rings. The zero-order valence-electron chi connectivity index (χ0n) is 13.6. The first-order chi connectivity index (χ1) is 9.47. The first-order valence-electron chi connectivity index (χ1n) is 7.84. The molecule has 1 aromatic carbocycles. The van der Waals surface area contributed by atoms with E-state index < -0.39 is 0 Å². The van der Waals surface area contributed by atoms with E-state index >= 15 is 0 Å². The molecule has 0 radical (unpaired) electrons. The topological polar surface area (TPSA) is 21.3 Å². The van der Waals surface area contributed by atoms with Crippen molar-refractivity contribution in [1.82, 2.24) is 5.32 Å². The van der Waals surface area contributed by atoms with Crippen LogP contribution in [0.15, 0.2) is 24.3 Å². The summed E-state index contributed by atoms with van der Waals surface area (Å²) in [4.78, 5) is 0. The quantitative estimate of drug-likeness (QED) is 0.845. The maximum Gasteiger partial charge on any atom is 0.0794 e. The van der Waals surface area contributed by atoms with Gasteiger partial charge in [-0.25, -0.2) is 0 Å². The molecule has 2 unspecified atom stereocenters. The molecule has 1 fully saturated rings. The van der Waals surface area contributed by atoms with Gasteiger partial charge in [-0.3, -0.25) is 0 Å². The Kier molecular flexibility index (Phi) is 4.87. The summed E-state index contributed by atoms with van der Waals surface area (Å²) in [5.41, 5.74) is 2.94. The summed E-state index contributed by atoms with van der Waals surface area (Å²) in [6.45, 7) is 9.90. The van der Waals surface area contributed by atoms with Crippen molar-refractivity contribution in [2.24, 2.45) is 5.92 Å². The molecule has 0 bridgehead atoms. The minimum absolute atomic E-state index is 0.212. The number of hydrogen-bond acceptors (Lipinski definition) is 2. The second kappa shape index (κ2) is 6.28. The van der Waals surface area contributed by atoms with Crippen LogP contribution in [0.2, 0.25) is 0 Å². The third-order valence-corrected chi connectivity index (χ3v) is 4.25. The molecule has 0 saturated heterocycles. The van der Waals surface area contributed by atoms with Crippen molar-refractivity contribution in [3.05, 3.63) is 35.4 Å². The molecule has 0 aliphatic heterocycles. The Balaban J connectivity index is 2.20. The summed E-state index contributed by atoms with van der Waals surface area (Å²) in [6.07, 6.45) is 2.91. The van der Waals surface area contributed by atoms with Crippen molar-refractivity contribution in [1.29, 1.82) is 0 Å². The first kappa shape index (κ1) is 15.5. The fourth-order valence-corrected chi connectivity index (χ4v) is 2.86. The third-order valence-electron chi connectivity index (χ3n) is 4.25. The van der Waals surface area contributed by atoms with Gasteiger partial charge in [0.15, 0.2) is 0 Å². The van der Waals surface area contributed by atoms with Gasteiger partial charge in [0.1, 0.15) is 0 Å². The van der Waals surface area contributed by atoms with Crippen LogP contribution in [0.5, 0.6) is 0 Å². The Hall–Kier alpha value is -0.860. The van der Waals surface area contributed by atoms with Gasteiger partial charge in [-0.05, 0) is 41.8 Å². The van der Waals surface area contributed by atoms with Crippen molar-refractivity contribution in [2.75, 3.05) is 13.7 Å². The summed E-state index contributed by atoms with van der Waals surface area (Å²) >= 11 is 0. The molecule has 0 aromatic heterocycles. The number of rotatable bonds is 6. The molecule has 2 atom stereocenters. The van der Waals surface area contributed by atoms with Gasteiger partial charge in [0.2, 0.25) is 0 Å². The smallest absolute Gasteiger partial charge is 0.0794 e. The highest BCUT2D eigenvalue weighted by Crippen LogP contribution is 2.40. The van der Waals surface area contributed by atoms with Crippen LogP contribution in [-0.4, -0.2) is 19.8 Å². The van der Waals surface area contributed by atoms with Crippen molar-refractivity contribution >= 4 is 0 Å². The van der Waals surface area contributed by atoms with Crippen LogP contribution in [0.1, 0.15) is 57.7 Å². The second-order valence-electron chi connectivity index (χ2n) is 6.95. The van der Waals surface area contributed by atoms with Gasteiger partial charge in [-0.1, -0.05) is 52.0 Å².